The Morgan fingerprint density at radius 1 is 1.75 bits per heavy atom. The molecule has 8 heavy (non-hydrogen) atoms. The van der Waals surface area contributed by atoms with Crippen molar-refractivity contribution >= 4 is 37.8 Å². The maximum atomic E-state index is 10.4. The van der Waals surface area contributed by atoms with E-state index in [2.05, 4.69) is 37.2 Å². The van der Waals surface area contributed by atoms with Crippen molar-refractivity contribution < 1.29 is 9.90 Å². The molecule has 0 rings (SSSR count). The smallest absolute Gasteiger partial charge is 0.246 e. The minimum Gasteiger partial charge on any atom is -0.376 e. The minimum absolute atomic E-state index is 0.285. The maximum absolute atomic E-state index is 10.4. The highest BCUT2D eigenvalue weighted by molar-refractivity contribution is 9.25. The molecule has 0 spiro atoms. The van der Waals surface area contributed by atoms with Gasteiger partial charge in [-0.1, -0.05) is 31.9 Å². The molecule has 0 heterocycles. The predicted molar refractivity (Wildman–Crippen MR) is 36.9 cm³/mol. The van der Waals surface area contributed by atoms with Gasteiger partial charge in [0.2, 0.25) is 5.91 Å². The van der Waals surface area contributed by atoms with E-state index in [9.17, 15) is 4.79 Å². The molecule has 0 aromatic heterocycles. The molecular formula is C3H5Br2NO2. The summed E-state index contributed by atoms with van der Waals surface area (Å²) in [4.78, 5) is 10.4. The number of alkyl halides is 2. The topological polar surface area (TPSA) is 49.3 Å². The number of hydrogen-bond acceptors (Lipinski definition) is 2. The lowest BCUT2D eigenvalue weighted by molar-refractivity contribution is -0.120. The Bertz CT molecular complexity index is 85.4. The molecule has 0 bridgehead atoms. The average Bonchev–Trinajstić information content (AvgIpc) is 1.67. The van der Waals surface area contributed by atoms with Crippen LogP contribution in [0.4, 0.5) is 0 Å². The second-order valence-electron chi connectivity index (χ2n) is 1.000. The third-order valence-corrected chi connectivity index (χ3v) is 1.28. The van der Waals surface area contributed by atoms with Gasteiger partial charge in [-0.2, -0.15) is 0 Å². The van der Waals surface area contributed by atoms with E-state index in [1.807, 2.05) is 0 Å². The van der Waals surface area contributed by atoms with Gasteiger partial charge in [0.25, 0.3) is 0 Å². The number of carbonyl (C=O) groups is 1. The zero-order chi connectivity index (χ0) is 6.57. The van der Waals surface area contributed by atoms with Crippen LogP contribution in [0.2, 0.25) is 0 Å². The number of aliphatic hydroxyl groups excluding tert-OH is 1. The Balaban J connectivity index is 3.33. The van der Waals surface area contributed by atoms with Gasteiger partial charge in [0.1, 0.15) is 10.5 Å². The first-order valence-electron chi connectivity index (χ1n) is 1.85. The SMILES string of the molecule is O=C(NCO)C(Br)Br. The number of halogens is 2. The number of aliphatic hydroxyl groups is 1. The normalized spacial score (nSPS) is 9.50. The second kappa shape index (κ2) is 4.29. The number of hydrogen-bond donors (Lipinski definition) is 2. The van der Waals surface area contributed by atoms with Crippen molar-refractivity contribution in [2.75, 3.05) is 6.73 Å². The van der Waals surface area contributed by atoms with Crippen molar-refractivity contribution in [3.63, 3.8) is 0 Å². The van der Waals surface area contributed by atoms with Gasteiger partial charge in [0.05, 0.1) is 0 Å². The lowest BCUT2D eigenvalue weighted by Crippen LogP contribution is -2.28. The van der Waals surface area contributed by atoms with Crippen LogP contribution in [0.5, 0.6) is 0 Å². The van der Waals surface area contributed by atoms with E-state index in [0.29, 0.717) is 0 Å². The van der Waals surface area contributed by atoms with Crippen LogP contribution < -0.4 is 5.32 Å². The zero-order valence-electron chi connectivity index (χ0n) is 3.90. The highest BCUT2D eigenvalue weighted by Crippen LogP contribution is 2.06. The Hall–Kier alpha value is 0.390. The molecule has 0 radical (unpaired) electrons. The predicted octanol–water partition coefficient (Wildman–Crippen LogP) is 0.168. The Morgan fingerprint density at radius 3 is 2.38 bits per heavy atom. The third-order valence-electron chi connectivity index (χ3n) is 0.451. The first-order valence-corrected chi connectivity index (χ1v) is 3.68. The first-order chi connectivity index (χ1) is 3.68. The number of carbonyl (C=O) groups excluding carboxylic acids is 1. The molecule has 0 atom stereocenters. The molecule has 0 aromatic rings. The summed E-state index contributed by atoms with van der Waals surface area (Å²) in [5, 5.41) is 10.3. The first kappa shape index (κ1) is 8.39. The molecule has 48 valence electrons. The summed E-state index contributed by atoms with van der Waals surface area (Å²) in [6.07, 6.45) is 0. The summed E-state index contributed by atoms with van der Waals surface area (Å²) < 4.78 is -0.415. The largest absolute Gasteiger partial charge is 0.376 e. The highest BCUT2D eigenvalue weighted by atomic mass is 79.9. The summed E-state index contributed by atoms with van der Waals surface area (Å²) in [5.74, 6) is -0.285. The van der Waals surface area contributed by atoms with Gasteiger partial charge in [0, 0.05) is 0 Å². The van der Waals surface area contributed by atoms with Crippen molar-refractivity contribution in [3.8, 4) is 0 Å². The monoisotopic (exact) mass is 245 g/mol. The Morgan fingerprint density at radius 2 is 2.25 bits per heavy atom. The van der Waals surface area contributed by atoms with Crippen LogP contribution >= 0.6 is 31.9 Å². The standard InChI is InChI=1S/C3H5Br2NO2/c4-2(5)3(8)6-1-7/h2,7H,1H2,(H,6,8). The molecule has 1 amide bonds. The van der Waals surface area contributed by atoms with Crippen molar-refractivity contribution in [3.05, 3.63) is 0 Å². The van der Waals surface area contributed by atoms with E-state index in [1.165, 1.54) is 0 Å². The molecule has 0 saturated heterocycles. The minimum atomic E-state index is -0.415. The summed E-state index contributed by atoms with van der Waals surface area (Å²) in [6, 6.07) is 0. The van der Waals surface area contributed by atoms with Gasteiger partial charge in [-0.05, 0) is 0 Å². The lowest BCUT2D eigenvalue weighted by Gasteiger charge is -1.98. The molecule has 0 aromatic carbocycles. The third kappa shape index (κ3) is 3.40. The van der Waals surface area contributed by atoms with E-state index in [1.54, 1.807) is 0 Å². The van der Waals surface area contributed by atoms with Crippen LogP contribution in [-0.2, 0) is 4.79 Å². The fraction of sp³-hybridized carbons (Fsp3) is 0.667. The van der Waals surface area contributed by atoms with Gasteiger partial charge in [-0.25, -0.2) is 0 Å². The summed E-state index contributed by atoms with van der Waals surface area (Å²) in [7, 11) is 0. The Labute approximate surface area is 63.7 Å². The second-order valence-corrected chi connectivity index (χ2v) is 4.06. The van der Waals surface area contributed by atoms with Gasteiger partial charge in [-0.15, -0.1) is 0 Å². The quantitative estimate of drug-likeness (QED) is 0.539. The molecule has 2 N–H and O–H groups in total. The fourth-order valence-electron chi connectivity index (χ4n) is 0.155. The molecular weight excluding hydrogens is 242 g/mol. The van der Waals surface area contributed by atoms with E-state index in [-0.39, 0.29) is 12.6 Å². The van der Waals surface area contributed by atoms with Crippen LogP contribution in [0, 0.1) is 0 Å². The fourth-order valence-corrected chi connectivity index (χ4v) is 0.479. The average molecular weight is 247 g/mol. The maximum Gasteiger partial charge on any atom is 0.246 e. The van der Waals surface area contributed by atoms with E-state index in [4.69, 9.17) is 5.11 Å². The summed E-state index contributed by atoms with van der Waals surface area (Å²) >= 11 is 5.87. The lowest BCUT2D eigenvalue weighted by atomic mass is 10.7. The van der Waals surface area contributed by atoms with Crippen LogP contribution in [0.1, 0.15) is 0 Å². The Kier molecular flexibility index (Phi) is 4.50. The van der Waals surface area contributed by atoms with E-state index < -0.39 is 3.74 Å². The zero-order valence-corrected chi connectivity index (χ0v) is 7.07. The van der Waals surface area contributed by atoms with Crippen molar-refractivity contribution in [2.45, 2.75) is 3.74 Å². The molecule has 0 unspecified atom stereocenters. The van der Waals surface area contributed by atoms with Gasteiger partial charge in [0.15, 0.2) is 0 Å². The van der Waals surface area contributed by atoms with Crippen molar-refractivity contribution in [1.82, 2.24) is 5.32 Å². The highest BCUT2D eigenvalue weighted by Gasteiger charge is 2.06. The van der Waals surface area contributed by atoms with Gasteiger partial charge >= 0.3 is 0 Å². The van der Waals surface area contributed by atoms with E-state index in [0.717, 1.165) is 0 Å². The van der Waals surface area contributed by atoms with Crippen molar-refractivity contribution in [2.24, 2.45) is 0 Å². The summed E-state index contributed by atoms with van der Waals surface area (Å²) in [5.41, 5.74) is 0. The molecule has 0 aliphatic rings. The number of rotatable bonds is 2. The van der Waals surface area contributed by atoms with Crippen LogP contribution in [0.15, 0.2) is 0 Å². The molecule has 5 heteroatoms. The van der Waals surface area contributed by atoms with Crippen LogP contribution in [-0.4, -0.2) is 21.5 Å². The van der Waals surface area contributed by atoms with Gasteiger partial charge in [-0.3, -0.25) is 4.79 Å². The van der Waals surface area contributed by atoms with Gasteiger partial charge < -0.3 is 10.4 Å². The molecule has 0 saturated carbocycles. The molecule has 0 aliphatic carbocycles. The van der Waals surface area contributed by atoms with Crippen LogP contribution in [0.25, 0.3) is 0 Å². The molecule has 0 fully saturated rings. The van der Waals surface area contributed by atoms with Crippen LogP contribution in [0.3, 0.4) is 0 Å². The number of amides is 1. The molecule has 0 aliphatic heterocycles. The van der Waals surface area contributed by atoms with Crippen molar-refractivity contribution in [1.29, 1.82) is 0 Å². The molecule has 3 nitrogen and oxygen atoms in total. The number of nitrogens with one attached hydrogen (secondary N) is 1. The summed E-state index contributed by atoms with van der Waals surface area (Å²) in [6.45, 7) is -0.327. The van der Waals surface area contributed by atoms with E-state index >= 15 is 0 Å².